The summed E-state index contributed by atoms with van der Waals surface area (Å²) in [5.41, 5.74) is 6.80. The molecule has 1 aliphatic heterocycles. The molecule has 1 aromatic rings. The number of benzene rings is 1. The lowest BCUT2D eigenvalue weighted by Crippen LogP contribution is -2.36. The first-order chi connectivity index (χ1) is 11.2. The van der Waals surface area contributed by atoms with Crippen molar-refractivity contribution >= 4 is 47.2 Å². The van der Waals surface area contributed by atoms with Crippen molar-refractivity contribution in [2.24, 2.45) is 16.6 Å². The zero-order chi connectivity index (χ0) is 16.2. The SMILES string of the molecule is COc1ccc(NC(N)=NCC2CCN(C3CC3)CC2)cc1Cl.I. The number of hydrogen-bond acceptors (Lipinski definition) is 3. The van der Waals surface area contributed by atoms with Crippen LogP contribution in [0.5, 0.6) is 5.75 Å². The summed E-state index contributed by atoms with van der Waals surface area (Å²) in [6.07, 6.45) is 5.23. The number of ether oxygens (including phenoxy) is 1. The lowest BCUT2D eigenvalue weighted by Gasteiger charge is -2.31. The summed E-state index contributed by atoms with van der Waals surface area (Å²) >= 11 is 6.11. The van der Waals surface area contributed by atoms with E-state index in [-0.39, 0.29) is 24.0 Å². The van der Waals surface area contributed by atoms with E-state index in [0.717, 1.165) is 18.3 Å². The van der Waals surface area contributed by atoms with E-state index in [9.17, 15) is 0 Å². The summed E-state index contributed by atoms with van der Waals surface area (Å²) in [5.74, 6) is 1.73. The quantitative estimate of drug-likeness (QED) is 0.397. The molecule has 2 fully saturated rings. The number of guanidine groups is 1. The first kappa shape index (κ1) is 19.6. The number of nitrogens with two attached hydrogens (primary N) is 1. The van der Waals surface area contributed by atoms with Crippen LogP contribution in [0.1, 0.15) is 25.7 Å². The van der Waals surface area contributed by atoms with Crippen LogP contribution in [0.4, 0.5) is 5.69 Å². The fraction of sp³-hybridized carbons (Fsp3) is 0.588. The van der Waals surface area contributed by atoms with E-state index in [0.29, 0.717) is 22.6 Å². The van der Waals surface area contributed by atoms with Crippen molar-refractivity contribution in [1.82, 2.24) is 4.90 Å². The van der Waals surface area contributed by atoms with Crippen LogP contribution in [-0.2, 0) is 0 Å². The molecule has 0 aromatic heterocycles. The predicted molar refractivity (Wildman–Crippen MR) is 111 cm³/mol. The van der Waals surface area contributed by atoms with Crippen LogP contribution in [-0.4, -0.2) is 43.6 Å². The minimum atomic E-state index is 0. The van der Waals surface area contributed by atoms with Crippen molar-refractivity contribution in [3.8, 4) is 5.75 Å². The Labute approximate surface area is 166 Å². The Bertz CT molecular complexity index is 572. The van der Waals surface area contributed by atoms with Crippen LogP contribution in [0, 0.1) is 5.92 Å². The first-order valence-corrected chi connectivity index (χ1v) is 8.68. The average molecular weight is 465 g/mol. The molecule has 1 heterocycles. The van der Waals surface area contributed by atoms with Gasteiger partial charge in [-0.2, -0.15) is 0 Å². The summed E-state index contributed by atoms with van der Waals surface area (Å²) in [7, 11) is 1.60. The number of halogens is 2. The fourth-order valence-electron chi connectivity index (χ4n) is 3.10. The van der Waals surface area contributed by atoms with Gasteiger partial charge in [-0.3, -0.25) is 4.99 Å². The molecule has 3 N–H and O–H groups in total. The number of anilines is 1. The highest BCUT2D eigenvalue weighted by Crippen LogP contribution is 2.31. The fourth-order valence-corrected chi connectivity index (χ4v) is 3.36. The van der Waals surface area contributed by atoms with Gasteiger partial charge in [0.05, 0.1) is 12.1 Å². The Morgan fingerprint density at radius 1 is 1.33 bits per heavy atom. The molecule has 1 saturated carbocycles. The summed E-state index contributed by atoms with van der Waals surface area (Å²) < 4.78 is 5.14. The van der Waals surface area contributed by atoms with E-state index in [2.05, 4.69) is 15.2 Å². The Morgan fingerprint density at radius 2 is 2.04 bits per heavy atom. The Kier molecular flexibility index (Phi) is 7.43. The third-order valence-electron chi connectivity index (χ3n) is 4.66. The normalized spacial score (nSPS) is 19.7. The molecule has 0 bridgehead atoms. The van der Waals surface area contributed by atoms with Gasteiger partial charge in [0.1, 0.15) is 5.75 Å². The third-order valence-corrected chi connectivity index (χ3v) is 4.95. The number of nitrogens with one attached hydrogen (secondary N) is 1. The predicted octanol–water partition coefficient (Wildman–Crippen LogP) is 3.57. The molecule has 7 heteroatoms. The van der Waals surface area contributed by atoms with Gasteiger partial charge in [0.2, 0.25) is 0 Å². The third kappa shape index (κ3) is 5.39. The zero-order valence-corrected chi connectivity index (χ0v) is 17.1. The molecule has 2 aliphatic rings. The van der Waals surface area contributed by atoms with Crippen molar-refractivity contribution in [1.29, 1.82) is 0 Å². The maximum Gasteiger partial charge on any atom is 0.193 e. The van der Waals surface area contributed by atoms with Gasteiger partial charge in [0.25, 0.3) is 0 Å². The molecule has 3 rings (SSSR count). The average Bonchev–Trinajstić information content (AvgIpc) is 3.39. The zero-order valence-electron chi connectivity index (χ0n) is 14.0. The van der Waals surface area contributed by atoms with Gasteiger partial charge in [-0.1, -0.05) is 11.6 Å². The number of nitrogens with zero attached hydrogens (tertiary/aromatic N) is 2. The van der Waals surface area contributed by atoms with E-state index >= 15 is 0 Å². The monoisotopic (exact) mass is 464 g/mol. The van der Waals surface area contributed by atoms with Gasteiger partial charge < -0.3 is 20.7 Å². The van der Waals surface area contributed by atoms with Gasteiger partial charge in [0, 0.05) is 18.3 Å². The number of likely N-dealkylation sites (tertiary alicyclic amines) is 1. The van der Waals surface area contributed by atoms with Crippen LogP contribution in [0.15, 0.2) is 23.2 Å². The van der Waals surface area contributed by atoms with E-state index in [1.165, 1.54) is 38.8 Å². The second kappa shape index (κ2) is 9.10. The second-order valence-electron chi connectivity index (χ2n) is 6.41. The van der Waals surface area contributed by atoms with Gasteiger partial charge in [-0.25, -0.2) is 0 Å². The maximum absolute atomic E-state index is 6.11. The van der Waals surface area contributed by atoms with E-state index in [4.69, 9.17) is 22.1 Å². The molecule has 1 aromatic carbocycles. The Hall–Kier alpha value is -0.730. The van der Waals surface area contributed by atoms with Crippen LogP contribution in [0.25, 0.3) is 0 Å². The highest BCUT2D eigenvalue weighted by atomic mass is 127. The standard InChI is InChI=1S/C17H25ClN4O.HI/c1-23-16-5-2-13(10-15(16)18)21-17(19)20-11-12-6-8-22(9-7-12)14-3-4-14;/h2,5,10,12,14H,3-4,6-9,11H2,1H3,(H3,19,20,21);1H. The highest BCUT2D eigenvalue weighted by Gasteiger charge is 2.31. The van der Waals surface area contributed by atoms with Crippen LogP contribution >= 0.6 is 35.6 Å². The molecular formula is C17H26ClIN4O. The van der Waals surface area contributed by atoms with Crippen LogP contribution in [0.3, 0.4) is 0 Å². The molecule has 0 amide bonds. The smallest absolute Gasteiger partial charge is 0.193 e. The number of methoxy groups -OCH3 is 1. The lowest BCUT2D eigenvalue weighted by atomic mass is 9.97. The largest absolute Gasteiger partial charge is 0.495 e. The van der Waals surface area contributed by atoms with Gasteiger partial charge in [-0.15, -0.1) is 24.0 Å². The first-order valence-electron chi connectivity index (χ1n) is 8.30. The minimum Gasteiger partial charge on any atom is -0.495 e. The summed E-state index contributed by atoms with van der Waals surface area (Å²) in [6.45, 7) is 3.22. The van der Waals surface area contributed by atoms with Crippen molar-refractivity contribution in [2.75, 3.05) is 32.1 Å². The van der Waals surface area contributed by atoms with Crippen LogP contribution < -0.4 is 15.8 Å². The van der Waals surface area contributed by atoms with Crippen molar-refractivity contribution < 1.29 is 4.74 Å². The lowest BCUT2D eigenvalue weighted by molar-refractivity contribution is 0.179. The van der Waals surface area contributed by atoms with Crippen molar-refractivity contribution in [2.45, 2.75) is 31.7 Å². The topological polar surface area (TPSA) is 62.9 Å². The molecule has 134 valence electrons. The molecule has 0 atom stereocenters. The molecule has 0 unspecified atom stereocenters. The number of aliphatic imine (C=N–C) groups is 1. The summed E-state index contributed by atoms with van der Waals surface area (Å²) in [5, 5.41) is 3.64. The minimum absolute atomic E-state index is 0. The van der Waals surface area contributed by atoms with Crippen molar-refractivity contribution in [3.63, 3.8) is 0 Å². The molecule has 0 radical (unpaired) electrons. The molecule has 24 heavy (non-hydrogen) atoms. The van der Waals surface area contributed by atoms with Gasteiger partial charge in [0.15, 0.2) is 5.96 Å². The molecular weight excluding hydrogens is 439 g/mol. The Balaban J connectivity index is 0.00000208. The highest BCUT2D eigenvalue weighted by molar-refractivity contribution is 14.0. The van der Waals surface area contributed by atoms with E-state index in [1.54, 1.807) is 13.2 Å². The molecule has 1 aliphatic carbocycles. The number of piperidine rings is 1. The van der Waals surface area contributed by atoms with E-state index < -0.39 is 0 Å². The molecule has 0 spiro atoms. The van der Waals surface area contributed by atoms with Crippen molar-refractivity contribution in [3.05, 3.63) is 23.2 Å². The number of hydrogen-bond donors (Lipinski definition) is 2. The molecule has 1 saturated heterocycles. The second-order valence-corrected chi connectivity index (χ2v) is 6.82. The summed E-state index contributed by atoms with van der Waals surface area (Å²) in [4.78, 5) is 7.12. The van der Waals surface area contributed by atoms with E-state index in [1.807, 2.05) is 12.1 Å². The van der Waals surface area contributed by atoms with Gasteiger partial charge >= 0.3 is 0 Å². The summed E-state index contributed by atoms with van der Waals surface area (Å²) in [6, 6.07) is 6.36. The maximum atomic E-state index is 6.11. The molecule has 5 nitrogen and oxygen atoms in total. The Morgan fingerprint density at radius 3 is 2.62 bits per heavy atom. The van der Waals surface area contributed by atoms with Crippen LogP contribution in [0.2, 0.25) is 5.02 Å². The number of rotatable bonds is 5. The van der Waals surface area contributed by atoms with Gasteiger partial charge in [-0.05, 0) is 62.9 Å².